The molecule has 0 N–H and O–H groups in total. The van der Waals surface area contributed by atoms with E-state index < -0.39 is 4.92 Å². The Balaban J connectivity index is 1.69. The molecule has 2 bridgehead atoms. The van der Waals surface area contributed by atoms with Gasteiger partial charge in [0.2, 0.25) is 0 Å². The number of hydrogen-bond donors (Lipinski definition) is 0. The summed E-state index contributed by atoms with van der Waals surface area (Å²) >= 11 is 0. The number of ether oxygens (including phenoxy) is 1. The van der Waals surface area contributed by atoms with Crippen molar-refractivity contribution in [3.8, 4) is 0 Å². The first-order valence-electron chi connectivity index (χ1n) is 6.60. The van der Waals surface area contributed by atoms with Crippen LogP contribution < -0.4 is 0 Å². The van der Waals surface area contributed by atoms with Gasteiger partial charge < -0.3 is 4.74 Å². The number of nitro benzene ring substituents is 1. The highest BCUT2D eigenvalue weighted by molar-refractivity contribution is 5.89. The van der Waals surface area contributed by atoms with Gasteiger partial charge in [0.15, 0.2) is 0 Å². The number of hydrogen-bond acceptors (Lipinski definition) is 4. The molecule has 0 saturated heterocycles. The van der Waals surface area contributed by atoms with Crippen LogP contribution in [0.25, 0.3) is 0 Å². The minimum absolute atomic E-state index is 0.0162. The molecular weight excluding hydrogens is 246 g/mol. The van der Waals surface area contributed by atoms with Gasteiger partial charge in [0.1, 0.15) is 6.10 Å². The van der Waals surface area contributed by atoms with Gasteiger partial charge in [0.25, 0.3) is 5.69 Å². The molecule has 2 saturated carbocycles. The predicted octanol–water partition coefficient (Wildman–Crippen LogP) is 2.94. The van der Waals surface area contributed by atoms with Crippen LogP contribution in [0.3, 0.4) is 0 Å². The van der Waals surface area contributed by atoms with Gasteiger partial charge in [-0.25, -0.2) is 4.79 Å². The molecule has 3 rings (SSSR count). The molecule has 100 valence electrons. The van der Waals surface area contributed by atoms with Gasteiger partial charge in [0, 0.05) is 12.1 Å². The van der Waals surface area contributed by atoms with Gasteiger partial charge in [0.05, 0.1) is 10.5 Å². The molecule has 1 aromatic carbocycles. The number of esters is 1. The lowest BCUT2D eigenvalue weighted by molar-refractivity contribution is -0.384. The summed E-state index contributed by atoms with van der Waals surface area (Å²) in [7, 11) is 0. The van der Waals surface area contributed by atoms with Crippen molar-refractivity contribution < 1.29 is 14.5 Å². The lowest BCUT2D eigenvalue weighted by Crippen LogP contribution is -2.22. The van der Waals surface area contributed by atoms with Crippen molar-refractivity contribution in [1.82, 2.24) is 0 Å². The van der Waals surface area contributed by atoms with Crippen molar-refractivity contribution in [2.24, 2.45) is 11.8 Å². The van der Waals surface area contributed by atoms with Crippen molar-refractivity contribution in [3.63, 3.8) is 0 Å². The van der Waals surface area contributed by atoms with Crippen LogP contribution in [0.4, 0.5) is 5.69 Å². The molecule has 2 aliphatic carbocycles. The summed E-state index contributed by atoms with van der Waals surface area (Å²) in [5, 5.41) is 10.5. The van der Waals surface area contributed by atoms with E-state index in [9.17, 15) is 14.9 Å². The van der Waals surface area contributed by atoms with Gasteiger partial charge in [-0.2, -0.15) is 0 Å². The number of benzene rings is 1. The standard InChI is InChI=1S/C14H15NO4/c16-14(11-5-7-12(8-6-11)15(17)18)19-13-9-1-2-10(13)4-3-9/h5-10,13H,1-4H2. The van der Waals surface area contributed by atoms with E-state index in [1.807, 2.05) is 0 Å². The summed E-state index contributed by atoms with van der Waals surface area (Å²) in [5.74, 6) is 0.678. The largest absolute Gasteiger partial charge is 0.458 e. The molecule has 0 radical (unpaired) electrons. The average molecular weight is 261 g/mol. The van der Waals surface area contributed by atoms with Crippen LogP contribution in [-0.4, -0.2) is 17.0 Å². The second kappa shape index (κ2) is 4.64. The Labute approximate surface area is 110 Å². The van der Waals surface area contributed by atoms with Crippen molar-refractivity contribution >= 4 is 11.7 Å². The van der Waals surface area contributed by atoms with E-state index in [4.69, 9.17) is 4.74 Å². The molecule has 5 nitrogen and oxygen atoms in total. The summed E-state index contributed by atoms with van der Waals surface area (Å²) in [6.45, 7) is 0. The fraction of sp³-hybridized carbons (Fsp3) is 0.500. The molecule has 0 unspecified atom stereocenters. The van der Waals surface area contributed by atoms with Gasteiger partial charge in [-0.05, 0) is 49.7 Å². The van der Waals surface area contributed by atoms with Crippen LogP contribution in [0.15, 0.2) is 24.3 Å². The quantitative estimate of drug-likeness (QED) is 0.476. The molecule has 2 aliphatic rings. The number of nitro groups is 1. The smallest absolute Gasteiger partial charge is 0.338 e. The van der Waals surface area contributed by atoms with Crippen LogP contribution in [-0.2, 0) is 4.74 Å². The van der Waals surface area contributed by atoms with Crippen LogP contribution in [0.5, 0.6) is 0 Å². The van der Waals surface area contributed by atoms with Gasteiger partial charge in [-0.15, -0.1) is 0 Å². The number of nitrogens with zero attached hydrogens (tertiary/aromatic N) is 1. The minimum Gasteiger partial charge on any atom is -0.458 e. The maximum Gasteiger partial charge on any atom is 0.338 e. The first kappa shape index (κ1) is 12.1. The van der Waals surface area contributed by atoms with Crippen LogP contribution in [0.1, 0.15) is 36.0 Å². The third-order valence-electron chi connectivity index (χ3n) is 4.30. The second-order valence-corrected chi connectivity index (χ2v) is 5.35. The Bertz CT molecular complexity index is 491. The zero-order valence-electron chi connectivity index (χ0n) is 10.5. The fourth-order valence-corrected chi connectivity index (χ4v) is 3.29. The molecule has 5 heteroatoms. The first-order valence-corrected chi connectivity index (χ1v) is 6.60. The molecule has 0 spiro atoms. The normalized spacial score (nSPS) is 28.3. The van der Waals surface area contributed by atoms with Crippen LogP contribution in [0.2, 0.25) is 0 Å². The third kappa shape index (κ3) is 2.20. The van der Waals surface area contributed by atoms with Gasteiger partial charge in [-0.1, -0.05) is 0 Å². The van der Waals surface area contributed by atoms with E-state index in [2.05, 4.69) is 0 Å². The Morgan fingerprint density at radius 3 is 2.11 bits per heavy atom. The van der Waals surface area contributed by atoms with Crippen molar-refractivity contribution in [3.05, 3.63) is 39.9 Å². The Hall–Kier alpha value is -1.91. The number of rotatable bonds is 3. The highest BCUT2D eigenvalue weighted by Gasteiger charge is 2.44. The van der Waals surface area contributed by atoms with E-state index in [1.54, 1.807) is 0 Å². The molecule has 19 heavy (non-hydrogen) atoms. The number of carbonyl (C=O) groups excluding carboxylic acids is 1. The second-order valence-electron chi connectivity index (χ2n) is 5.35. The summed E-state index contributed by atoms with van der Waals surface area (Å²) in [4.78, 5) is 22.1. The number of fused-ring (bicyclic) bond motifs is 2. The molecule has 2 fully saturated rings. The van der Waals surface area contributed by atoms with E-state index >= 15 is 0 Å². The Kier molecular flexibility index (Phi) is 2.97. The number of carbonyl (C=O) groups is 1. The van der Waals surface area contributed by atoms with E-state index in [1.165, 1.54) is 24.3 Å². The van der Waals surface area contributed by atoms with Crippen molar-refractivity contribution in [2.45, 2.75) is 31.8 Å². The fourth-order valence-electron chi connectivity index (χ4n) is 3.29. The topological polar surface area (TPSA) is 69.4 Å². The molecule has 0 aromatic heterocycles. The molecule has 1 aromatic rings. The highest BCUT2D eigenvalue weighted by atomic mass is 16.6. The Morgan fingerprint density at radius 2 is 1.63 bits per heavy atom. The molecule has 0 aliphatic heterocycles. The summed E-state index contributed by atoms with van der Waals surface area (Å²) in [6, 6.07) is 5.58. The Morgan fingerprint density at radius 1 is 1.11 bits per heavy atom. The zero-order chi connectivity index (χ0) is 13.4. The maximum atomic E-state index is 12.0. The van der Waals surface area contributed by atoms with Gasteiger partial charge in [-0.3, -0.25) is 10.1 Å². The first-order chi connectivity index (χ1) is 9.15. The third-order valence-corrected chi connectivity index (χ3v) is 4.30. The van der Waals surface area contributed by atoms with E-state index in [0.717, 1.165) is 25.7 Å². The summed E-state index contributed by atoms with van der Waals surface area (Å²) in [5.41, 5.74) is 0.370. The summed E-state index contributed by atoms with van der Waals surface area (Å²) in [6.07, 6.45) is 4.68. The lowest BCUT2D eigenvalue weighted by Gasteiger charge is -2.16. The summed E-state index contributed by atoms with van der Waals surface area (Å²) < 4.78 is 5.58. The predicted molar refractivity (Wildman–Crippen MR) is 67.7 cm³/mol. The maximum absolute atomic E-state index is 12.0. The molecule has 0 heterocycles. The molecular formula is C14H15NO4. The van der Waals surface area contributed by atoms with Crippen molar-refractivity contribution in [2.75, 3.05) is 0 Å². The van der Waals surface area contributed by atoms with E-state index in [0.29, 0.717) is 17.4 Å². The SMILES string of the molecule is O=C(OC1C2CCC1CC2)c1ccc([N+](=O)[O-])cc1. The van der Waals surface area contributed by atoms with Crippen LogP contribution >= 0.6 is 0 Å². The van der Waals surface area contributed by atoms with Gasteiger partial charge >= 0.3 is 5.97 Å². The van der Waals surface area contributed by atoms with Crippen molar-refractivity contribution in [1.29, 1.82) is 0 Å². The number of non-ortho nitro benzene ring substituents is 1. The monoisotopic (exact) mass is 261 g/mol. The van der Waals surface area contributed by atoms with Crippen LogP contribution in [0, 0.1) is 22.0 Å². The highest BCUT2D eigenvalue weighted by Crippen LogP contribution is 2.46. The zero-order valence-corrected chi connectivity index (χ0v) is 10.5. The molecule has 0 amide bonds. The minimum atomic E-state index is -0.480. The molecule has 0 atom stereocenters. The lowest BCUT2D eigenvalue weighted by atomic mass is 10.0. The average Bonchev–Trinajstić information content (AvgIpc) is 2.98. The van der Waals surface area contributed by atoms with E-state index in [-0.39, 0.29) is 17.8 Å².